The number of anilines is 3. The normalized spacial score (nSPS) is 10.3. The van der Waals surface area contributed by atoms with E-state index in [-0.39, 0.29) is 11.6 Å². The Balaban J connectivity index is 1.52. The highest BCUT2D eigenvalue weighted by Crippen LogP contribution is 2.27. The molecule has 8 heteroatoms. The lowest BCUT2D eigenvalue weighted by Gasteiger charge is -2.10. The van der Waals surface area contributed by atoms with Crippen molar-refractivity contribution in [1.29, 1.82) is 5.26 Å². The van der Waals surface area contributed by atoms with E-state index in [1.807, 2.05) is 6.07 Å². The number of hydrogen-bond acceptors (Lipinski definition) is 7. The number of rotatable bonds is 5. The van der Waals surface area contributed by atoms with Crippen molar-refractivity contribution < 1.29 is 9.13 Å². The third-order valence-corrected chi connectivity index (χ3v) is 4.10. The van der Waals surface area contributed by atoms with Crippen molar-refractivity contribution in [2.45, 2.75) is 0 Å². The summed E-state index contributed by atoms with van der Waals surface area (Å²) in [6.07, 6.45) is 1.51. The summed E-state index contributed by atoms with van der Waals surface area (Å²) in [6.45, 7) is 0. The van der Waals surface area contributed by atoms with Gasteiger partial charge in [-0.2, -0.15) is 10.2 Å². The molecule has 2 aromatic carbocycles. The molecule has 0 aliphatic carbocycles. The van der Waals surface area contributed by atoms with Gasteiger partial charge in [-0.25, -0.2) is 14.4 Å². The molecule has 0 atom stereocenters. The summed E-state index contributed by atoms with van der Waals surface area (Å²) in [6, 6.07) is 20.3. The highest BCUT2D eigenvalue weighted by Gasteiger charge is 2.09. The maximum Gasteiger partial charge on any atom is 0.222 e. The van der Waals surface area contributed by atoms with Crippen molar-refractivity contribution in [2.75, 3.05) is 11.1 Å². The zero-order chi connectivity index (χ0) is 20.9. The minimum atomic E-state index is -0.390. The first kappa shape index (κ1) is 18.8. The van der Waals surface area contributed by atoms with Gasteiger partial charge < -0.3 is 15.8 Å². The van der Waals surface area contributed by atoms with Crippen molar-refractivity contribution in [3.63, 3.8) is 0 Å². The van der Waals surface area contributed by atoms with Crippen LogP contribution in [0, 0.1) is 17.1 Å². The quantitative estimate of drug-likeness (QED) is 0.503. The average Bonchev–Trinajstić information content (AvgIpc) is 2.75. The first-order chi connectivity index (χ1) is 14.6. The first-order valence-corrected chi connectivity index (χ1v) is 8.91. The summed E-state index contributed by atoms with van der Waals surface area (Å²) >= 11 is 0. The Morgan fingerprint density at radius 3 is 2.53 bits per heavy atom. The highest BCUT2D eigenvalue weighted by molar-refractivity contribution is 5.67. The number of nitriles is 1. The van der Waals surface area contributed by atoms with Crippen LogP contribution in [0.4, 0.5) is 21.8 Å². The maximum atomic E-state index is 14.1. The number of nitrogens with zero attached hydrogens (tertiary/aromatic N) is 4. The molecule has 0 saturated carbocycles. The molecule has 0 spiro atoms. The second-order valence-corrected chi connectivity index (χ2v) is 6.22. The summed E-state index contributed by atoms with van der Waals surface area (Å²) < 4.78 is 19.8. The fourth-order valence-electron chi connectivity index (χ4n) is 2.76. The predicted molar refractivity (Wildman–Crippen MR) is 111 cm³/mol. The van der Waals surface area contributed by atoms with E-state index in [0.29, 0.717) is 28.6 Å². The van der Waals surface area contributed by atoms with Crippen molar-refractivity contribution in [1.82, 2.24) is 15.0 Å². The van der Waals surface area contributed by atoms with Gasteiger partial charge in [-0.3, -0.25) is 0 Å². The molecule has 0 amide bonds. The number of nitrogens with one attached hydrogen (secondary N) is 1. The minimum absolute atomic E-state index is 0.0317. The Morgan fingerprint density at radius 1 is 0.967 bits per heavy atom. The fraction of sp³-hybridized carbons (Fsp3) is 0. The molecule has 0 saturated heterocycles. The van der Waals surface area contributed by atoms with Crippen LogP contribution in [0.25, 0.3) is 11.3 Å². The second kappa shape index (κ2) is 8.24. The molecule has 146 valence electrons. The maximum absolute atomic E-state index is 14.1. The number of nitrogens with two attached hydrogens (primary N) is 1. The second-order valence-electron chi connectivity index (χ2n) is 6.22. The van der Waals surface area contributed by atoms with Crippen molar-refractivity contribution >= 4 is 17.5 Å². The average molecular weight is 398 g/mol. The van der Waals surface area contributed by atoms with Gasteiger partial charge in [0, 0.05) is 29.6 Å². The lowest BCUT2D eigenvalue weighted by molar-refractivity contribution is 0.482. The molecule has 0 fully saturated rings. The molecule has 4 rings (SSSR count). The van der Waals surface area contributed by atoms with Gasteiger partial charge in [-0.05, 0) is 42.5 Å². The summed E-state index contributed by atoms with van der Waals surface area (Å²) in [5.41, 5.74) is 7.53. The summed E-state index contributed by atoms with van der Waals surface area (Å²) in [4.78, 5) is 12.2. The molecule has 2 heterocycles. The Labute approximate surface area is 171 Å². The van der Waals surface area contributed by atoms with Crippen LogP contribution in [0.3, 0.4) is 0 Å². The van der Waals surface area contributed by atoms with Crippen LogP contribution in [-0.2, 0) is 0 Å². The number of nitrogen functional groups attached to an aromatic ring is 1. The largest absolute Gasteiger partial charge is 0.457 e. The van der Waals surface area contributed by atoms with E-state index in [9.17, 15) is 4.39 Å². The Kier molecular flexibility index (Phi) is 5.17. The van der Waals surface area contributed by atoms with Gasteiger partial charge in [0.1, 0.15) is 34.9 Å². The number of hydrogen-bond donors (Lipinski definition) is 2. The Bertz CT molecular complexity index is 1240. The summed E-state index contributed by atoms with van der Waals surface area (Å²) in [7, 11) is 0. The third kappa shape index (κ3) is 4.31. The molecule has 0 aliphatic heterocycles. The first-order valence-electron chi connectivity index (χ1n) is 8.91. The van der Waals surface area contributed by atoms with Gasteiger partial charge in [-0.1, -0.05) is 12.1 Å². The third-order valence-electron chi connectivity index (χ3n) is 4.10. The molecule has 0 aliphatic rings. The van der Waals surface area contributed by atoms with Crippen molar-refractivity contribution in [3.8, 4) is 28.8 Å². The Hall–Kier alpha value is -4.51. The number of pyridine rings is 1. The summed E-state index contributed by atoms with van der Waals surface area (Å²) in [5.74, 6) is 1.18. The number of aromatic nitrogens is 3. The zero-order valence-electron chi connectivity index (χ0n) is 15.6. The fourth-order valence-corrected chi connectivity index (χ4v) is 2.76. The van der Waals surface area contributed by atoms with Gasteiger partial charge in [0.2, 0.25) is 5.95 Å². The van der Waals surface area contributed by atoms with Gasteiger partial charge in [0.15, 0.2) is 0 Å². The zero-order valence-corrected chi connectivity index (χ0v) is 15.6. The van der Waals surface area contributed by atoms with E-state index in [1.165, 1.54) is 12.3 Å². The summed E-state index contributed by atoms with van der Waals surface area (Å²) in [5, 5.41) is 12.0. The van der Waals surface area contributed by atoms with Gasteiger partial charge in [-0.15, -0.1) is 0 Å². The van der Waals surface area contributed by atoms with E-state index >= 15 is 0 Å². The molecule has 2 aromatic heterocycles. The Morgan fingerprint density at radius 2 is 1.77 bits per heavy atom. The lowest BCUT2D eigenvalue weighted by atomic mass is 10.1. The molecular weight excluding hydrogens is 383 g/mol. The number of benzene rings is 2. The van der Waals surface area contributed by atoms with Crippen LogP contribution >= 0.6 is 0 Å². The molecule has 0 radical (unpaired) electrons. The van der Waals surface area contributed by atoms with Crippen LogP contribution in [0.15, 0.2) is 72.9 Å². The molecule has 30 heavy (non-hydrogen) atoms. The smallest absolute Gasteiger partial charge is 0.222 e. The van der Waals surface area contributed by atoms with Gasteiger partial charge in [0.05, 0.1) is 5.69 Å². The molecule has 7 nitrogen and oxygen atoms in total. The van der Waals surface area contributed by atoms with Gasteiger partial charge in [0.25, 0.3) is 0 Å². The van der Waals surface area contributed by atoms with Gasteiger partial charge >= 0.3 is 0 Å². The van der Waals surface area contributed by atoms with Crippen molar-refractivity contribution in [2.24, 2.45) is 0 Å². The topological polar surface area (TPSA) is 110 Å². The molecule has 0 bridgehead atoms. The highest BCUT2D eigenvalue weighted by atomic mass is 19.1. The standard InChI is InChI=1S/C22H15FN6O/c23-19-4-2-1-3-18(19)20-12-21(29-22(25)28-20)27-14-5-7-16(8-6-14)30-17-9-10-26-15(11-17)13-24/h1-12H,(H3,25,27,28,29). The van der Waals surface area contributed by atoms with E-state index in [1.54, 1.807) is 60.7 Å². The SMILES string of the molecule is N#Cc1cc(Oc2ccc(Nc3cc(-c4ccccc4F)nc(N)n3)cc2)ccn1. The molecule has 0 unspecified atom stereocenters. The van der Waals surface area contributed by atoms with Crippen LogP contribution in [0.5, 0.6) is 11.5 Å². The van der Waals surface area contributed by atoms with Crippen LogP contribution in [0.1, 0.15) is 5.69 Å². The predicted octanol–water partition coefficient (Wildman–Crippen LogP) is 4.67. The number of halogens is 1. The minimum Gasteiger partial charge on any atom is -0.457 e. The van der Waals surface area contributed by atoms with Crippen LogP contribution < -0.4 is 15.8 Å². The van der Waals surface area contributed by atoms with E-state index in [0.717, 1.165) is 5.69 Å². The van der Waals surface area contributed by atoms with E-state index < -0.39 is 5.82 Å². The van der Waals surface area contributed by atoms with E-state index in [4.69, 9.17) is 15.7 Å². The van der Waals surface area contributed by atoms with E-state index in [2.05, 4.69) is 20.3 Å². The van der Waals surface area contributed by atoms with Crippen LogP contribution in [-0.4, -0.2) is 15.0 Å². The molecular formula is C22H15FN6O. The molecule has 4 aromatic rings. The van der Waals surface area contributed by atoms with Crippen molar-refractivity contribution in [3.05, 3.63) is 84.4 Å². The van der Waals surface area contributed by atoms with Crippen LogP contribution in [0.2, 0.25) is 0 Å². The molecule has 3 N–H and O–H groups in total. The lowest BCUT2D eigenvalue weighted by Crippen LogP contribution is -2.02. The monoisotopic (exact) mass is 398 g/mol. The number of ether oxygens (including phenoxy) is 1.